The maximum Gasteiger partial charge on any atom is 1.00 e. The van der Waals surface area contributed by atoms with E-state index in [9.17, 15) is 5.11 Å². The molecule has 0 spiro atoms. The van der Waals surface area contributed by atoms with E-state index in [1.165, 1.54) is 14.2 Å². The Hall–Kier alpha value is -0.783. The first-order valence-corrected chi connectivity index (χ1v) is 3.17. The van der Waals surface area contributed by atoms with Crippen molar-refractivity contribution in [3.63, 3.8) is 0 Å². The fourth-order valence-electron chi connectivity index (χ4n) is 0.817. The van der Waals surface area contributed by atoms with Crippen LogP contribution in [0.1, 0.15) is 0 Å². The van der Waals surface area contributed by atoms with Crippen LogP contribution < -0.4 is 33.4 Å². The number of methoxy groups -OCH3 is 2. The van der Waals surface area contributed by atoms with Crippen LogP contribution in [-0.2, 0) is 0 Å². The minimum absolute atomic E-state index is 0. The molecule has 0 radical (unpaired) electrons. The van der Waals surface area contributed by atoms with Gasteiger partial charge in [0, 0.05) is 0 Å². The van der Waals surface area contributed by atoms with E-state index in [1.807, 2.05) is 0 Å². The molecule has 0 saturated carbocycles. The minimum Gasteiger partial charge on any atom is -0.867 e. The van der Waals surface area contributed by atoms with Crippen LogP contribution >= 0.6 is 0 Å². The van der Waals surface area contributed by atoms with E-state index in [1.54, 1.807) is 18.2 Å². The second-order valence-corrected chi connectivity index (χ2v) is 1.99. The topological polar surface area (TPSA) is 41.5 Å². The van der Waals surface area contributed by atoms with Gasteiger partial charge >= 0.3 is 18.9 Å². The summed E-state index contributed by atoms with van der Waals surface area (Å²) >= 11 is 0. The predicted molar refractivity (Wildman–Crippen MR) is 39.0 cm³/mol. The quantitative estimate of drug-likeness (QED) is 0.460. The SMILES string of the molecule is COc1cccc(OC)c1[O-].[Li+]. The van der Waals surface area contributed by atoms with Crippen LogP contribution in [-0.4, -0.2) is 14.2 Å². The largest absolute Gasteiger partial charge is 1.00 e. The zero-order chi connectivity index (χ0) is 8.27. The van der Waals surface area contributed by atoms with E-state index in [4.69, 9.17) is 9.47 Å². The molecule has 4 heteroatoms. The van der Waals surface area contributed by atoms with Gasteiger partial charge in [-0.3, -0.25) is 0 Å². The number of hydrogen-bond acceptors (Lipinski definition) is 3. The van der Waals surface area contributed by atoms with E-state index < -0.39 is 0 Å². The summed E-state index contributed by atoms with van der Waals surface area (Å²) < 4.78 is 9.59. The van der Waals surface area contributed by atoms with Crippen molar-refractivity contribution in [2.24, 2.45) is 0 Å². The van der Waals surface area contributed by atoms with Crippen molar-refractivity contribution in [2.45, 2.75) is 0 Å². The van der Waals surface area contributed by atoms with Crippen molar-refractivity contribution in [1.82, 2.24) is 0 Å². The summed E-state index contributed by atoms with van der Waals surface area (Å²) in [6.07, 6.45) is 0. The maximum atomic E-state index is 11.2. The van der Waals surface area contributed by atoms with Gasteiger partial charge in [-0.1, -0.05) is 6.07 Å². The molecule has 0 amide bonds. The van der Waals surface area contributed by atoms with Crippen LogP contribution in [0.5, 0.6) is 17.2 Å². The van der Waals surface area contributed by atoms with Crippen molar-refractivity contribution >= 4 is 0 Å². The number of para-hydroxylation sites is 1. The van der Waals surface area contributed by atoms with Gasteiger partial charge in [0.15, 0.2) is 0 Å². The van der Waals surface area contributed by atoms with Crippen molar-refractivity contribution in [2.75, 3.05) is 14.2 Å². The molecule has 0 fully saturated rings. The summed E-state index contributed by atoms with van der Waals surface area (Å²) in [5, 5.41) is 11.2. The van der Waals surface area contributed by atoms with E-state index >= 15 is 0 Å². The average Bonchev–Trinajstić information content (AvgIpc) is 2.05. The zero-order valence-electron chi connectivity index (χ0n) is 7.46. The first kappa shape index (κ1) is 11.2. The number of hydrogen-bond donors (Lipinski definition) is 0. The molecule has 0 bridgehead atoms. The first-order chi connectivity index (χ1) is 5.29. The molecule has 1 aromatic rings. The monoisotopic (exact) mass is 160 g/mol. The standard InChI is InChI=1S/C8H10O3.Li/c1-10-6-4-3-5-7(11-2)8(6)9;/h3-5,9H,1-2H3;/q;+1/p-1. The first-order valence-electron chi connectivity index (χ1n) is 3.17. The van der Waals surface area contributed by atoms with Crippen molar-refractivity contribution in [3.05, 3.63) is 18.2 Å². The Morgan fingerprint density at radius 2 is 1.50 bits per heavy atom. The van der Waals surface area contributed by atoms with Crippen LogP contribution in [0, 0.1) is 0 Å². The van der Waals surface area contributed by atoms with Gasteiger partial charge in [-0.05, 0) is 17.9 Å². The molecule has 0 aliphatic heterocycles. The smallest absolute Gasteiger partial charge is 0.867 e. The minimum atomic E-state index is -0.211. The number of ether oxygens (including phenoxy) is 2. The Labute approximate surface area is 83.5 Å². The molecular weight excluding hydrogens is 151 g/mol. The van der Waals surface area contributed by atoms with Gasteiger partial charge in [-0.25, -0.2) is 0 Å². The molecule has 0 aromatic heterocycles. The summed E-state index contributed by atoms with van der Waals surface area (Å²) in [7, 11) is 2.91. The molecule has 0 heterocycles. The molecule has 0 saturated heterocycles. The van der Waals surface area contributed by atoms with Gasteiger partial charge in [0.25, 0.3) is 0 Å². The molecule has 12 heavy (non-hydrogen) atoms. The van der Waals surface area contributed by atoms with E-state index in [2.05, 4.69) is 0 Å². The summed E-state index contributed by atoms with van der Waals surface area (Å²) in [4.78, 5) is 0. The summed E-state index contributed by atoms with van der Waals surface area (Å²) in [6.45, 7) is 0. The second-order valence-electron chi connectivity index (χ2n) is 1.99. The Balaban J connectivity index is 0.00000121. The molecular formula is C8H9LiO3. The number of rotatable bonds is 2. The van der Waals surface area contributed by atoms with Gasteiger partial charge in [0.05, 0.1) is 14.2 Å². The normalized spacial score (nSPS) is 8.50. The summed E-state index contributed by atoms with van der Waals surface area (Å²) in [6, 6.07) is 4.91. The Morgan fingerprint density at radius 1 is 1.08 bits per heavy atom. The van der Waals surface area contributed by atoms with Gasteiger partial charge in [-0.2, -0.15) is 0 Å². The molecule has 1 aromatic carbocycles. The molecule has 60 valence electrons. The molecule has 0 aliphatic carbocycles. The zero-order valence-corrected chi connectivity index (χ0v) is 7.46. The van der Waals surface area contributed by atoms with Gasteiger partial charge < -0.3 is 14.6 Å². The fourth-order valence-corrected chi connectivity index (χ4v) is 0.817. The predicted octanol–water partition coefficient (Wildman–Crippen LogP) is -2.22. The average molecular weight is 160 g/mol. The molecule has 0 unspecified atom stereocenters. The molecule has 0 atom stereocenters. The van der Waals surface area contributed by atoms with E-state index in [0.717, 1.165) is 0 Å². The summed E-state index contributed by atoms with van der Waals surface area (Å²) in [5.74, 6) is 0.409. The van der Waals surface area contributed by atoms with Crippen LogP contribution in [0.15, 0.2) is 18.2 Å². The Kier molecular flexibility index (Phi) is 4.64. The Bertz CT molecular complexity index is 228. The van der Waals surface area contributed by atoms with Crippen LogP contribution in [0.4, 0.5) is 0 Å². The van der Waals surface area contributed by atoms with Crippen LogP contribution in [0.2, 0.25) is 0 Å². The van der Waals surface area contributed by atoms with E-state index in [0.29, 0.717) is 11.5 Å². The molecule has 3 nitrogen and oxygen atoms in total. The number of benzene rings is 1. The van der Waals surface area contributed by atoms with Crippen molar-refractivity contribution < 1.29 is 33.4 Å². The summed E-state index contributed by atoms with van der Waals surface area (Å²) in [5.41, 5.74) is 0. The fraction of sp³-hybridized carbons (Fsp3) is 0.250. The third-order valence-corrected chi connectivity index (χ3v) is 1.38. The van der Waals surface area contributed by atoms with Crippen LogP contribution in [0.3, 0.4) is 0 Å². The van der Waals surface area contributed by atoms with Gasteiger partial charge in [0.2, 0.25) is 0 Å². The second kappa shape index (κ2) is 4.97. The van der Waals surface area contributed by atoms with Gasteiger partial charge in [-0.15, -0.1) is 0 Å². The van der Waals surface area contributed by atoms with Gasteiger partial charge in [0.1, 0.15) is 11.5 Å². The Morgan fingerprint density at radius 3 is 1.83 bits per heavy atom. The molecule has 0 aliphatic rings. The van der Waals surface area contributed by atoms with Crippen molar-refractivity contribution in [1.29, 1.82) is 0 Å². The molecule has 1 rings (SSSR count). The molecule has 0 N–H and O–H groups in total. The third kappa shape index (κ3) is 2.10. The van der Waals surface area contributed by atoms with Crippen LogP contribution in [0.25, 0.3) is 0 Å². The third-order valence-electron chi connectivity index (χ3n) is 1.38. The maximum absolute atomic E-state index is 11.2. The van der Waals surface area contributed by atoms with Crippen molar-refractivity contribution in [3.8, 4) is 17.2 Å². The van der Waals surface area contributed by atoms with E-state index in [-0.39, 0.29) is 24.6 Å².